The number of anilines is 1. The van der Waals surface area contributed by atoms with Gasteiger partial charge in [-0.25, -0.2) is 0 Å². The third-order valence-electron chi connectivity index (χ3n) is 3.21. The summed E-state index contributed by atoms with van der Waals surface area (Å²) in [6.45, 7) is 4.77. The summed E-state index contributed by atoms with van der Waals surface area (Å²) in [6.07, 6.45) is 2.83. The number of aromatic amines is 1. The van der Waals surface area contributed by atoms with Crippen LogP contribution in [0, 0.1) is 6.92 Å². The zero-order chi connectivity index (χ0) is 13.4. The molecule has 4 heteroatoms. The highest BCUT2D eigenvalue weighted by atomic mass is 16.5. The second kappa shape index (κ2) is 4.46. The highest BCUT2D eigenvalue weighted by molar-refractivity contribution is 6.10. The van der Waals surface area contributed by atoms with Gasteiger partial charge in [-0.15, -0.1) is 0 Å². The lowest BCUT2D eigenvalue weighted by Gasteiger charge is -2.08. The monoisotopic (exact) mass is 255 g/mol. The number of ether oxygens (including phenoxy) is 1. The number of nitrogens with two attached hydrogens (primary N) is 1. The molecule has 0 aliphatic carbocycles. The fraction of sp³-hybridized carbons (Fsp3) is 0.267. The molecule has 4 nitrogen and oxygen atoms in total. The van der Waals surface area contributed by atoms with Crippen LogP contribution in [0.1, 0.15) is 18.9 Å². The summed E-state index contributed by atoms with van der Waals surface area (Å²) >= 11 is 0. The number of nitrogens with zero attached hydrogens (tertiary/aromatic N) is 1. The maximum absolute atomic E-state index is 6.18. The van der Waals surface area contributed by atoms with Gasteiger partial charge in [0, 0.05) is 11.6 Å². The van der Waals surface area contributed by atoms with E-state index in [-0.39, 0.29) is 0 Å². The predicted octanol–water partition coefficient (Wildman–Crippen LogP) is 3.40. The third kappa shape index (κ3) is 1.89. The van der Waals surface area contributed by atoms with Gasteiger partial charge in [0.2, 0.25) is 0 Å². The van der Waals surface area contributed by atoms with E-state index in [1.54, 1.807) is 0 Å². The Morgan fingerprint density at radius 1 is 1.37 bits per heavy atom. The molecular formula is C15H17N3O. The van der Waals surface area contributed by atoms with Gasteiger partial charge in [0.1, 0.15) is 5.75 Å². The molecule has 0 radical (unpaired) electrons. The number of H-pyrrole nitrogens is 1. The van der Waals surface area contributed by atoms with Crippen molar-refractivity contribution >= 4 is 27.6 Å². The standard InChI is InChI=1S/C15H17N3O/c1-3-6-19-12-5-4-10-14-11(7-9(2)8-17-14)18-15(10)13(12)16/h4-5,7-8,18H,3,6,16H2,1-2H3. The van der Waals surface area contributed by atoms with E-state index in [1.165, 1.54) is 0 Å². The molecule has 0 spiro atoms. The van der Waals surface area contributed by atoms with Crippen molar-refractivity contribution in [3.8, 4) is 5.75 Å². The van der Waals surface area contributed by atoms with Crippen molar-refractivity contribution in [1.29, 1.82) is 0 Å². The van der Waals surface area contributed by atoms with Crippen molar-refractivity contribution in [3.05, 3.63) is 30.0 Å². The van der Waals surface area contributed by atoms with E-state index < -0.39 is 0 Å². The molecule has 3 N–H and O–H groups in total. The first-order valence-corrected chi connectivity index (χ1v) is 6.50. The number of hydrogen-bond acceptors (Lipinski definition) is 3. The van der Waals surface area contributed by atoms with E-state index in [4.69, 9.17) is 10.5 Å². The van der Waals surface area contributed by atoms with Crippen LogP contribution in [0.15, 0.2) is 24.4 Å². The minimum atomic E-state index is 0.654. The Morgan fingerprint density at radius 2 is 2.21 bits per heavy atom. The minimum absolute atomic E-state index is 0.654. The number of aromatic nitrogens is 2. The second-order valence-electron chi connectivity index (χ2n) is 4.78. The maximum Gasteiger partial charge on any atom is 0.144 e. The number of hydrogen-bond donors (Lipinski definition) is 2. The van der Waals surface area contributed by atoms with Crippen LogP contribution in [0.2, 0.25) is 0 Å². The van der Waals surface area contributed by atoms with Crippen LogP contribution in [-0.2, 0) is 0 Å². The molecule has 2 aromatic heterocycles. The van der Waals surface area contributed by atoms with E-state index >= 15 is 0 Å². The van der Waals surface area contributed by atoms with Crippen molar-refractivity contribution < 1.29 is 4.74 Å². The first kappa shape index (κ1) is 11.8. The molecule has 0 atom stereocenters. The number of fused-ring (bicyclic) bond motifs is 3. The normalized spacial score (nSPS) is 11.3. The van der Waals surface area contributed by atoms with E-state index in [0.717, 1.165) is 39.7 Å². The average Bonchev–Trinajstić information content (AvgIpc) is 2.76. The molecule has 1 aromatic carbocycles. The number of aryl methyl sites for hydroxylation is 1. The van der Waals surface area contributed by atoms with Gasteiger partial charge in [0.15, 0.2) is 0 Å². The largest absolute Gasteiger partial charge is 0.491 e. The molecule has 98 valence electrons. The van der Waals surface area contributed by atoms with E-state index in [2.05, 4.69) is 23.0 Å². The minimum Gasteiger partial charge on any atom is -0.491 e. The zero-order valence-electron chi connectivity index (χ0n) is 11.2. The molecule has 3 aromatic rings. The summed E-state index contributed by atoms with van der Waals surface area (Å²) in [5.74, 6) is 0.734. The predicted molar refractivity (Wildman–Crippen MR) is 78.5 cm³/mol. The summed E-state index contributed by atoms with van der Waals surface area (Å²) in [6, 6.07) is 6.01. The summed E-state index contributed by atoms with van der Waals surface area (Å²) in [5.41, 5.74) is 10.8. The summed E-state index contributed by atoms with van der Waals surface area (Å²) in [7, 11) is 0. The average molecular weight is 255 g/mol. The van der Waals surface area contributed by atoms with Crippen LogP contribution < -0.4 is 10.5 Å². The molecule has 19 heavy (non-hydrogen) atoms. The topological polar surface area (TPSA) is 63.9 Å². The van der Waals surface area contributed by atoms with Gasteiger partial charge in [-0.2, -0.15) is 0 Å². The van der Waals surface area contributed by atoms with Crippen LogP contribution in [0.4, 0.5) is 5.69 Å². The molecule has 0 saturated carbocycles. The van der Waals surface area contributed by atoms with Gasteiger partial charge < -0.3 is 15.5 Å². The zero-order valence-corrected chi connectivity index (χ0v) is 11.2. The van der Waals surface area contributed by atoms with Crippen molar-refractivity contribution in [1.82, 2.24) is 9.97 Å². The molecule has 3 rings (SSSR count). The lowest BCUT2D eigenvalue weighted by Crippen LogP contribution is -1.99. The Kier molecular flexibility index (Phi) is 2.78. The van der Waals surface area contributed by atoms with Crippen LogP contribution in [-0.4, -0.2) is 16.6 Å². The molecule has 0 bridgehead atoms. The molecule has 0 fully saturated rings. The Balaban J connectivity index is 2.22. The van der Waals surface area contributed by atoms with Crippen LogP contribution in [0.25, 0.3) is 21.9 Å². The van der Waals surface area contributed by atoms with Crippen molar-refractivity contribution in [2.75, 3.05) is 12.3 Å². The fourth-order valence-electron chi connectivity index (χ4n) is 2.28. The number of nitrogens with one attached hydrogen (secondary N) is 1. The molecule has 0 unspecified atom stereocenters. The highest BCUT2D eigenvalue weighted by Crippen LogP contribution is 2.34. The third-order valence-corrected chi connectivity index (χ3v) is 3.21. The van der Waals surface area contributed by atoms with Crippen molar-refractivity contribution in [2.24, 2.45) is 0 Å². The number of pyridine rings is 1. The Labute approximate surface area is 111 Å². The van der Waals surface area contributed by atoms with Gasteiger partial charge in [0.25, 0.3) is 0 Å². The van der Waals surface area contributed by atoms with Crippen LogP contribution >= 0.6 is 0 Å². The SMILES string of the molecule is CCCOc1ccc2c([nH]c3cc(C)cnc32)c1N. The number of nitrogen functional groups attached to an aromatic ring is 1. The quantitative estimate of drug-likeness (QED) is 0.705. The first-order valence-electron chi connectivity index (χ1n) is 6.50. The van der Waals surface area contributed by atoms with Crippen LogP contribution in [0.5, 0.6) is 5.75 Å². The summed E-state index contributed by atoms with van der Waals surface area (Å²) in [5, 5.41) is 1.04. The Morgan fingerprint density at radius 3 is 3.00 bits per heavy atom. The van der Waals surface area contributed by atoms with Crippen LogP contribution in [0.3, 0.4) is 0 Å². The van der Waals surface area contributed by atoms with Gasteiger partial charge in [-0.3, -0.25) is 4.98 Å². The molecular weight excluding hydrogens is 238 g/mol. The molecule has 0 aliphatic heterocycles. The smallest absolute Gasteiger partial charge is 0.144 e. The van der Waals surface area contributed by atoms with Crippen molar-refractivity contribution in [2.45, 2.75) is 20.3 Å². The lowest BCUT2D eigenvalue weighted by molar-refractivity contribution is 0.319. The van der Waals surface area contributed by atoms with E-state index in [9.17, 15) is 0 Å². The summed E-state index contributed by atoms with van der Waals surface area (Å²) in [4.78, 5) is 7.81. The molecule has 0 saturated heterocycles. The fourth-order valence-corrected chi connectivity index (χ4v) is 2.28. The van der Waals surface area contributed by atoms with E-state index in [1.807, 2.05) is 25.3 Å². The maximum atomic E-state index is 6.18. The lowest BCUT2D eigenvalue weighted by atomic mass is 10.2. The van der Waals surface area contributed by atoms with Gasteiger partial charge >= 0.3 is 0 Å². The number of benzene rings is 1. The molecule has 0 aliphatic rings. The van der Waals surface area contributed by atoms with Gasteiger partial charge in [0.05, 0.1) is 28.8 Å². The van der Waals surface area contributed by atoms with Gasteiger partial charge in [-0.1, -0.05) is 6.92 Å². The van der Waals surface area contributed by atoms with Gasteiger partial charge in [-0.05, 0) is 37.1 Å². The highest BCUT2D eigenvalue weighted by Gasteiger charge is 2.11. The first-order chi connectivity index (χ1) is 9.20. The molecule has 2 heterocycles. The van der Waals surface area contributed by atoms with Crippen molar-refractivity contribution in [3.63, 3.8) is 0 Å². The molecule has 0 amide bonds. The second-order valence-corrected chi connectivity index (χ2v) is 4.78. The Bertz CT molecular complexity index is 746. The summed E-state index contributed by atoms with van der Waals surface area (Å²) < 4.78 is 5.65. The number of rotatable bonds is 3. The van der Waals surface area contributed by atoms with E-state index in [0.29, 0.717) is 12.3 Å². The Hall–Kier alpha value is -2.23.